The molecule has 1 saturated carbocycles. The maximum Gasteiger partial charge on any atom is 0.157 e. The third-order valence-electron chi connectivity index (χ3n) is 4.68. The molecule has 3 rings (SSSR count). The first-order valence-electron chi connectivity index (χ1n) is 7.37. The molecular weight excluding hydrogens is 244 g/mol. The van der Waals surface area contributed by atoms with E-state index in [1.807, 2.05) is 11.8 Å². The highest BCUT2D eigenvalue weighted by Crippen LogP contribution is 2.40. The number of amidine groups is 1. The highest BCUT2D eigenvalue weighted by atomic mass is 32.2. The topological polar surface area (TPSA) is 33.6 Å². The number of aliphatic imine (C=N–C) groups is 1. The normalized spacial score (nSPS) is 37.1. The second-order valence-electron chi connectivity index (χ2n) is 5.86. The summed E-state index contributed by atoms with van der Waals surface area (Å²) in [5.74, 6) is 1.97. The minimum absolute atomic E-state index is 0.290. The highest BCUT2D eigenvalue weighted by molar-refractivity contribution is 8.14. The summed E-state index contributed by atoms with van der Waals surface area (Å²) in [6, 6.07) is 0.414. The predicted octanol–water partition coefficient (Wildman–Crippen LogP) is 2.81. The average Bonchev–Trinajstić information content (AvgIpc) is 3.00. The lowest BCUT2D eigenvalue weighted by atomic mass is 9.96. The molecule has 1 N–H and O–H groups in total. The van der Waals surface area contributed by atoms with E-state index >= 15 is 0 Å². The van der Waals surface area contributed by atoms with Crippen LogP contribution in [0.4, 0.5) is 0 Å². The van der Waals surface area contributed by atoms with Crippen molar-refractivity contribution in [2.75, 3.05) is 12.4 Å². The largest absolute Gasteiger partial charge is 0.376 e. The van der Waals surface area contributed by atoms with E-state index < -0.39 is 0 Å². The maximum absolute atomic E-state index is 5.86. The van der Waals surface area contributed by atoms with E-state index in [1.54, 1.807) is 0 Å². The van der Waals surface area contributed by atoms with Crippen LogP contribution in [-0.4, -0.2) is 35.2 Å². The van der Waals surface area contributed by atoms with Crippen LogP contribution in [0.15, 0.2) is 4.99 Å². The second-order valence-corrected chi connectivity index (χ2v) is 6.83. The zero-order chi connectivity index (χ0) is 12.6. The molecule has 3 nitrogen and oxygen atoms in total. The molecule has 0 radical (unpaired) electrons. The molecular formula is C14H24N2OS. The monoisotopic (exact) mass is 268 g/mol. The summed E-state index contributed by atoms with van der Waals surface area (Å²) in [4.78, 5) is 4.95. The number of nitrogens with one attached hydrogen (secondary N) is 1. The van der Waals surface area contributed by atoms with Crippen LogP contribution in [-0.2, 0) is 4.74 Å². The molecule has 0 aromatic heterocycles. The van der Waals surface area contributed by atoms with Gasteiger partial charge in [0.05, 0.1) is 12.1 Å². The summed E-state index contributed by atoms with van der Waals surface area (Å²) in [6.45, 7) is 5.44. The van der Waals surface area contributed by atoms with E-state index in [1.165, 1.54) is 36.6 Å². The van der Waals surface area contributed by atoms with Crippen LogP contribution in [0, 0.1) is 5.92 Å². The highest BCUT2D eigenvalue weighted by Gasteiger charge is 2.42. The molecule has 0 aromatic rings. The van der Waals surface area contributed by atoms with Crippen molar-refractivity contribution >= 4 is 16.9 Å². The number of hydrogen-bond donors (Lipinski definition) is 1. The standard InChI is InChI=1S/C14H24N2OS/c1-3-14(4-2)9-18-13(16-14)15-11-7-8-17-12(11)10-5-6-10/h10-12H,3-9H2,1-2H3,(H,15,16). The van der Waals surface area contributed by atoms with Crippen LogP contribution in [0.3, 0.4) is 0 Å². The zero-order valence-electron chi connectivity index (χ0n) is 11.4. The Morgan fingerprint density at radius 2 is 2.11 bits per heavy atom. The molecule has 2 heterocycles. The SMILES string of the molecule is CCC1(CC)CSC(=NC2CCOC2C2CC2)N1. The maximum atomic E-state index is 5.86. The van der Waals surface area contributed by atoms with Crippen LogP contribution in [0.5, 0.6) is 0 Å². The fraction of sp³-hybridized carbons (Fsp3) is 0.929. The van der Waals surface area contributed by atoms with Crippen molar-refractivity contribution in [1.82, 2.24) is 5.32 Å². The Hall–Kier alpha value is -0.220. The molecule has 102 valence electrons. The van der Waals surface area contributed by atoms with Gasteiger partial charge in [0, 0.05) is 17.9 Å². The van der Waals surface area contributed by atoms with Crippen molar-refractivity contribution in [2.24, 2.45) is 10.9 Å². The first-order valence-corrected chi connectivity index (χ1v) is 8.35. The van der Waals surface area contributed by atoms with E-state index in [-0.39, 0.29) is 5.54 Å². The minimum atomic E-state index is 0.290. The molecule has 0 spiro atoms. The predicted molar refractivity (Wildman–Crippen MR) is 77.2 cm³/mol. The van der Waals surface area contributed by atoms with Crippen LogP contribution >= 0.6 is 11.8 Å². The molecule has 4 heteroatoms. The van der Waals surface area contributed by atoms with Crippen LogP contribution in [0.2, 0.25) is 0 Å². The molecule has 2 aliphatic heterocycles. The molecule has 18 heavy (non-hydrogen) atoms. The van der Waals surface area contributed by atoms with Crippen molar-refractivity contribution in [3.63, 3.8) is 0 Å². The number of rotatable bonds is 4. The third kappa shape index (κ3) is 2.42. The Labute approximate surface area is 114 Å². The van der Waals surface area contributed by atoms with Gasteiger partial charge < -0.3 is 10.1 Å². The molecule has 0 bridgehead atoms. The Kier molecular flexibility index (Phi) is 3.59. The quantitative estimate of drug-likeness (QED) is 0.851. The molecule has 2 unspecified atom stereocenters. The summed E-state index contributed by atoms with van der Waals surface area (Å²) < 4.78 is 5.86. The Morgan fingerprint density at radius 3 is 2.72 bits per heavy atom. The van der Waals surface area contributed by atoms with E-state index in [2.05, 4.69) is 19.2 Å². The van der Waals surface area contributed by atoms with Crippen LogP contribution in [0.25, 0.3) is 0 Å². The molecule has 3 aliphatic rings. The van der Waals surface area contributed by atoms with Gasteiger partial charge in [0.15, 0.2) is 5.17 Å². The van der Waals surface area contributed by atoms with Crippen LogP contribution < -0.4 is 5.32 Å². The van der Waals surface area contributed by atoms with Gasteiger partial charge in [-0.1, -0.05) is 25.6 Å². The van der Waals surface area contributed by atoms with Gasteiger partial charge in [-0.2, -0.15) is 0 Å². The van der Waals surface area contributed by atoms with Gasteiger partial charge in [0.25, 0.3) is 0 Å². The second kappa shape index (κ2) is 5.04. The summed E-state index contributed by atoms with van der Waals surface area (Å²) in [6.07, 6.45) is 6.59. The number of hydrogen-bond acceptors (Lipinski definition) is 3. The lowest BCUT2D eigenvalue weighted by molar-refractivity contribution is 0.0875. The first-order chi connectivity index (χ1) is 8.76. The zero-order valence-corrected chi connectivity index (χ0v) is 12.3. The van der Waals surface area contributed by atoms with E-state index in [9.17, 15) is 0 Å². The van der Waals surface area contributed by atoms with Gasteiger partial charge in [0.2, 0.25) is 0 Å². The molecule has 1 aliphatic carbocycles. The van der Waals surface area contributed by atoms with E-state index in [0.717, 1.165) is 18.9 Å². The lowest BCUT2D eigenvalue weighted by Crippen LogP contribution is -2.42. The number of thioether (sulfide) groups is 1. The van der Waals surface area contributed by atoms with Gasteiger partial charge in [-0.25, -0.2) is 0 Å². The molecule has 0 aromatic carbocycles. The molecule has 3 fully saturated rings. The van der Waals surface area contributed by atoms with E-state index in [0.29, 0.717) is 12.1 Å². The van der Waals surface area contributed by atoms with Gasteiger partial charge >= 0.3 is 0 Å². The Balaban J connectivity index is 1.66. The van der Waals surface area contributed by atoms with Crippen molar-refractivity contribution in [3.8, 4) is 0 Å². The van der Waals surface area contributed by atoms with Gasteiger partial charge in [0.1, 0.15) is 0 Å². The third-order valence-corrected chi connectivity index (χ3v) is 5.86. The molecule has 2 atom stereocenters. The smallest absolute Gasteiger partial charge is 0.157 e. The molecule has 0 amide bonds. The van der Waals surface area contributed by atoms with Crippen molar-refractivity contribution in [1.29, 1.82) is 0 Å². The Morgan fingerprint density at radius 1 is 1.33 bits per heavy atom. The average molecular weight is 268 g/mol. The summed E-state index contributed by atoms with van der Waals surface area (Å²) in [5, 5.41) is 4.83. The Bertz CT molecular complexity index is 337. The van der Waals surface area contributed by atoms with Gasteiger partial charge in [-0.15, -0.1) is 0 Å². The first kappa shape index (κ1) is 12.8. The number of ether oxygens (including phenoxy) is 1. The van der Waals surface area contributed by atoms with Gasteiger partial charge in [-0.05, 0) is 38.0 Å². The van der Waals surface area contributed by atoms with Crippen molar-refractivity contribution in [3.05, 3.63) is 0 Å². The van der Waals surface area contributed by atoms with Crippen molar-refractivity contribution in [2.45, 2.75) is 63.6 Å². The fourth-order valence-corrected chi connectivity index (χ4v) is 4.36. The fourth-order valence-electron chi connectivity index (χ4n) is 2.97. The lowest BCUT2D eigenvalue weighted by Gasteiger charge is -2.25. The van der Waals surface area contributed by atoms with E-state index in [4.69, 9.17) is 9.73 Å². The summed E-state index contributed by atoms with van der Waals surface area (Å²) in [5.41, 5.74) is 0.290. The number of nitrogens with zero attached hydrogens (tertiary/aromatic N) is 1. The minimum Gasteiger partial charge on any atom is -0.376 e. The van der Waals surface area contributed by atoms with Crippen molar-refractivity contribution < 1.29 is 4.74 Å². The van der Waals surface area contributed by atoms with Crippen LogP contribution in [0.1, 0.15) is 46.0 Å². The summed E-state index contributed by atoms with van der Waals surface area (Å²) in [7, 11) is 0. The van der Waals surface area contributed by atoms with Gasteiger partial charge in [-0.3, -0.25) is 4.99 Å². The molecule has 2 saturated heterocycles. The summed E-state index contributed by atoms with van der Waals surface area (Å²) >= 11 is 1.90.